The molecule has 0 fully saturated rings. The SMILES string of the molecule is Cc1ccc2c(c1)CN(CCC#N)CC2. The molecular formula is C13H16N2. The zero-order valence-corrected chi connectivity index (χ0v) is 9.16. The molecule has 78 valence electrons. The Hall–Kier alpha value is -1.33. The quantitative estimate of drug-likeness (QED) is 0.732. The van der Waals surface area contributed by atoms with E-state index in [2.05, 4.69) is 36.1 Å². The van der Waals surface area contributed by atoms with E-state index < -0.39 is 0 Å². The van der Waals surface area contributed by atoms with Gasteiger partial charge in [-0.2, -0.15) is 5.26 Å². The smallest absolute Gasteiger partial charge is 0.0635 e. The third kappa shape index (κ3) is 2.37. The first-order valence-electron chi connectivity index (χ1n) is 5.47. The van der Waals surface area contributed by atoms with Gasteiger partial charge in [-0.05, 0) is 24.5 Å². The van der Waals surface area contributed by atoms with Gasteiger partial charge in [-0.1, -0.05) is 23.8 Å². The van der Waals surface area contributed by atoms with Crippen molar-refractivity contribution in [2.75, 3.05) is 13.1 Å². The van der Waals surface area contributed by atoms with Crippen LogP contribution in [0.3, 0.4) is 0 Å². The molecule has 0 saturated carbocycles. The van der Waals surface area contributed by atoms with Gasteiger partial charge >= 0.3 is 0 Å². The number of aryl methyl sites for hydroxylation is 1. The van der Waals surface area contributed by atoms with Gasteiger partial charge in [0.05, 0.1) is 6.07 Å². The van der Waals surface area contributed by atoms with Crippen LogP contribution in [0.2, 0.25) is 0 Å². The van der Waals surface area contributed by atoms with Crippen LogP contribution in [0.4, 0.5) is 0 Å². The summed E-state index contributed by atoms with van der Waals surface area (Å²) in [6, 6.07) is 8.91. The van der Waals surface area contributed by atoms with Gasteiger partial charge in [0.1, 0.15) is 0 Å². The van der Waals surface area contributed by atoms with E-state index in [1.807, 2.05) is 0 Å². The van der Waals surface area contributed by atoms with Crippen LogP contribution >= 0.6 is 0 Å². The van der Waals surface area contributed by atoms with E-state index in [1.165, 1.54) is 16.7 Å². The number of benzene rings is 1. The lowest BCUT2D eigenvalue weighted by atomic mass is 9.98. The van der Waals surface area contributed by atoms with Crippen molar-refractivity contribution in [2.45, 2.75) is 26.3 Å². The molecule has 1 aliphatic rings. The molecule has 1 aromatic rings. The number of nitrogens with zero attached hydrogens (tertiary/aromatic N) is 2. The van der Waals surface area contributed by atoms with Crippen molar-refractivity contribution in [2.24, 2.45) is 0 Å². The summed E-state index contributed by atoms with van der Waals surface area (Å²) < 4.78 is 0. The maximum Gasteiger partial charge on any atom is 0.0635 e. The molecule has 0 aromatic heterocycles. The summed E-state index contributed by atoms with van der Waals surface area (Å²) in [6.07, 6.45) is 1.77. The van der Waals surface area contributed by atoms with Crippen molar-refractivity contribution in [3.05, 3.63) is 34.9 Å². The summed E-state index contributed by atoms with van der Waals surface area (Å²) >= 11 is 0. The van der Waals surface area contributed by atoms with Gasteiger partial charge < -0.3 is 0 Å². The fourth-order valence-electron chi connectivity index (χ4n) is 2.14. The topological polar surface area (TPSA) is 27.0 Å². The highest BCUT2D eigenvalue weighted by Crippen LogP contribution is 2.20. The molecule has 0 aliphatic carbocycles. The zero-order chi connectivity index (χ0) is 10.7. The average molecular weight is 200 g/mol. The van der Waals surface area contributed by atoms with Gasteiger partial charge in [0, 0.05) is 26.1 Å². The third-order valence-corrected chi connectivity index (χ3v) is 2.99. The summed E-state index contributed by atoms with van der Waals surface area (Å²) in [7, 11) is 0. The van der Waals surface area contributed by atoms with Crippen molar-refractivity contribution >= 4 is 0 Å². The van der Waals surface area contributed by atoms with E-state index in [0.29, 0.717) is 6.42 Å². The van der Waals surface area contributed by atoms with Crippen LogP contribution in [-0.4, -0.2) is 18.0 Å². The van der Waals surface area contributed by atoms with Gasteiger partial charge in [0.15, 0.2) is 0 Å². The first kappa shape index (κ1) is 10.2. The van der Waals surface area contributed by atoms with E-state index in [0.717, 1.165) is 26.1 Å². The zero-order valence-electron chi connectivity index (χ0n) is 9.16. The lowest BCUT2D eigenvalue weighted by molar-refractivity contribution is 0.260. The molecule has 0 atom stereocenters. The lowest BCUT2D eigenvalue weighted by Crippen LogP contribution is -2.31. The number of fused-ring (bicyclic) bond motifs is 1. The maximum absolute atomic E-state index is 8.56. The summed E-state index contributed by atoms with van der Waals surface area (Å²) in [5.74, 6) is 0. The Bertz CT molecular complexity index is 390. The molecule has 1 aromatic carbocycles. The summed E-state index contributed by atoms with van der Waals surface area (Å²) in [6.45, 7) is 5.15. The standard InChI is InChI=1S/C13H16N2/c1-11-3-4-12-5-8-15(7-2-6-14)10-13(12)9-11/h3-4,9H,2,5,7-8,10H2,1H3. The highest BCUT2D eigenvalue weighted by atomic mass is 15.1. The minimum absolute atomic E-state index is 0.640. The number of nitriles is 1. The Balaban J connectivity index is 2.09. The van der Waals surface area contributed by atoms with Crippen molar-refractivity contribution in [3.8, 4) is 6.07 Å². The van der Waals surface area contributed by atoms with E-state index in [9.17, 15) is 0 Å². The Morgan fingerprint density at radius 2 is 2.27 bits per heavy atom. The van der Waals surface area contributed by atoms with Gasteiger partial charge in [0.2, 0.25) is 0 Å². The molecule has 0 saturated heterocycles. The van der Waals surface area contributed by atoms with Crippen molar-refractivity contribution < 1.29 is 0 Å². The first-order valence-corrected chi connectivity index (χ1v) is 5.47. The number of hydrogen-bond acceptors (Lipinski definition) is 2. The van der Waals surface area contributed by atoms with E-state index >= 15 is 0 Å². The molecule has 0 bridgehead atoms. The van der Waals surface area contributed by atoms with Crippen LogP contribution in [0.15, 0.2) is 18.2 Å². The molecule has 0 unspecified atom stereocenters. The van der Waals surface area contributed by atoms with Crippen LogP contribution in [-0.2, 0) is 13.0 Å². The van der Waals surface area contributed by atoms with E-state index in [1.54, 1.807) is 0 Å². The predicted octanol–water partition coefficient (Wildman–Crippen LogP) is 2.27. The van der Waals surface area contributed by atoms with Crippen LogP contribution < -0.4 is 0 Å². The van der Waals surface area contributed by atoms with Crippen LogP contribution in [0, 0.1) is 18.3 Å². The monoisotopic (exact) mass is 200 g/mol. The molecule has 2 heteroatoms. The second kappa shape index (κ2) is 4.46. The highest BCUT2D eigenvalue weighted by molar-refractivity contribution is 5.33. The molecule has 0 amide bonds. The molecule has 1 aliphatic heterocycles. The minimum atomic E-state index is 0.640. The maximum atomic E-state index is 8.56. The first-order chi connectivity index (χ1) is 7.29. The van der Waals surface area contributed by atoms with E-state index in [4.69, 9.17) is 5.26 Å². The van der Waals surface area contributed by atoms with Gasteiger partial charge in [0.25, 0.3) is 0 Å². The van der Waals surface area contributed by atoms with Crippen molar-refractivity contribution in [1.29, 1.82) is 5.26 Å². The fourth-order valence-corrected chi connectivity index (χ4v) is 2.14. The second-order valence-corrected chi connectivity index (χ2v) is 4.21. The van der Waals surface area contributed by atoms with Gasteiger partial charge in [-0.15, -0.1) is 0 Å². The van der Waals surface area contributed by atoms with E-state index in [-0.39, 0.29) is 0 Å². The summed E-state index contributed by atoms with van der Waals surface area (Å²) in [5, 5.41) is 8.56. The normalized spacial score (nSPS) is 15.7. The Morgan fingerprint density at radius 3 is 3.07 bits per heavy atom. The Kier molecular flexibility index (Phi) is 3.03. The average Bonchev–Trinajstić information content (AvgIpc) is 2.25. The molecule has 0 radical (unpaired) electrons. The van der Waals surface area contributed by atoms with Crippen LogP contribution in [0.5, 0.6) is 0 Å². The fraction of sp³-hybridized carbons (Fsp3) is 0.462. The third-order valence-electron chi connectivity index (χ3n) is 2.99. The Labute approximate surface area is 91.1 Å². The molecule has 2 nitrogen and oxygen atoms in total. The largest absolute Gasteiger partial charge is 0.298 e. The van der Waals surface area contributed by atoms with Gasteiger partial charge in [-0.3, -0.25) is 4.90 Å². The van der Waals surface area contributed by atoms with Crippen LogP contribution in [0.25, 0.3) is 0 Å². The molecular weight excluding hydrogens is 184 g/mol. The highest BCUT2D eigenvalue weighted by Gasteiger charge is 2.15. The summed E-state index contributed by atoms with van der Waals surface area (Å²) in [5.41, 5.74) is 4.25. The molecule has 0 N–H and O–H groups in total. The van der Waals surface area contributed by atoms with Gasteiger partial charge in [-0.25, -0.2) is 0 Å². The molecule has 2 rings (SSSR count). The number of hydrogen-bond donors (Lipinski definition) is 0. The van der Waals surface area contributed by atoms with Crippen molar-refractivity contribution in [3.63, 3.8) is 0 Å². The molecule has 15 heavy (non-hydrogen) atoms. The van der Waals surface area contributed by atoms with Crippen LogP contribution in [0.1, 0.15) is 23.1 Å². The predicted molar refractivity (Wildman–Crippen MR) is 60.4 cm³/mol. The lowest BCUT2D eigenvalue weighted by Gasteiger charge is -2.28. The minimum Gasteiger partial charge on any atom is -0.298 e. The van der Waals surface area contributed by atoms with Crippen molar-refractivity contribution in [1.82, 2.24) is 4.90 Å². The molecule has 1 heterocycles. The number of rotatable bonds is 2. The summed E-state index contributed by atoms with van der Waals surface area (Å²) in [4.78, 5) is 2.37. The second-order valence-electron chi connectivity index (χ2n) is 4.21. The Morgan fingerprint density at radius 1 is 1.40 bits per heavy atom. The molecule has 0 spiro atoms.